The fourth-order valence-corrected chi connectivity index (χ4v) is 6.00. The molecule has 4 aromatic rings. The number of halogens is 1. The van der Waals surface area contributed by atoms with E-state index in [2.05, 4.69) is 17.6 Å². The summed E-state index contributed by atoms with van der Waals surface area (Å²) in [7, 11) is 5.71. The van der Waals surface area contributed by atoms with Gasteiger partial charge in [-0.05, 0) is 68.7 Å². The summed E-state index contributed by atoms with van der Waals surface area (Å²) in [6.45, 7) is 3.66. The lowest BCUT2D eigenvalue weighted by Gasteiger charge is -2.19. The number of carbonyl (C=O) groups is 2. The average molecular weight is 525 g/mol. The fraction of sp³-hybridized carbons (Fsp3) is 0.346. The Hall–Kier alpha value is -3.14. The van der Waals surface area contributed by atoms with Crippen LogP contribution in [0.2, 0.25) is 5.02 Å². The predicted octanol–water partition coefficient (Wildman–Crippen LogP) is 4.39. The Kier molecular flexibility index (Phi) is 6.63. The van der Waals surface area contributed by atoms with Gasteiger partial charge in [-0.2, -0.15) is 0 Å². The summed E-state index contributed by atoms with van der Waals surface area (Å²) >= 11 is 7.81. The van der Waals surface area contributed by atoms with E-state index < -0.39 is 0 Å². The number of carbonyl (C=O) groups excluding carboxylic acids is 2. The van der Waals surface area contributed by atoms with Crippen LogP contribution < -0.4 is 10.6 Å². The number of rotatable bonds is 6. The molecule has 1 unspecified atom stereocenters. The molecule has 0 aliphatic carbocycles. The van der Waals surface area contributed by atoms with Gasteiger partial charge in [0.25, 0.3) is 5.91 Å². The Labute approximate surface area is 218 Å². The Bertz CT molecular complexity index is 1480. The summed E-state index contributed by atoms with van der Waals surface area (Å²) in [5.74, 6) is 0.638. The number of likely N-dealkylation sites (tertiary alicyclic amines) is 1. The topological polar surface area (TPSA) is 82.5 Å². The summed E-state index contributed by atoms with van der Waals surface area (Å²) in [6.07, 6.45) is 0.755. The Balaban J connectivity index is 1.31. The molecular weight excluding hydrogens is 496 g/mol. The molecule has 5 rings (SSSR count). The van der Waals surface area contributed by atoms with Gasteiger partial charge in [-0.1, -0.05) is 17.7 Å². The number of thiophene rings is 1. The number of aromatic nitrogens is 2. The molecule has 2 aromatic carbocycles. The fourth-order valence-electron chi connectivity index (χ4n) is 4.62. The minimum Gasteiger partial charge on any atom is -0.347 e. The number of hydrogen-bond donors (Lipinski definition) is 2. The number of nitrogens with one attached hydrogen (secondary N) is 2. The van der Waals surface area contributed by atoms with Crippen LogP contribution in [0.1, 0.15) is 22.3 Å². The largest absolute Gasteiger partial charge is 0.347 e. The third-order valence-corrected chi connectivity index (χ3v) is 8.00. The number of benzene rings is 2. The zero-order valence-electron chi connectivity index (χ0n) is 20.8. The van der Waals surface area contributed by atoms with Crippen LogP contribution in [-0.2, 0) is 11.8 Å². The van der Waals surface area contributed by atoms with Crippen LogP contribution in [-0.4, -0.2) is 70.9 Å². The van der Waals surface area contributed by atoms with E-state index in [-0.39, 0.29) is 17.9 Å². The van der Waals surface area contributed by atoms with Crippen molar-refractivity contribution < 1.29 is 9.59 Å². The maximum atomic E-state index is 13.0. The first kappa shape index (κ1) is 24.5. The van der Waals surface area contributed by atoms with Gasteiger partial charge in [0.2, 0.25) is 11.9 Å². The first-order chi connectivity index (χ1) is 17.2. The number of anilines is 2. The lowest BCUT2D eigenvalue weighted by Crippen LogP contribution is -2.40. The van der Waals surface area contributed by atoms with Crippen molar-refractivity contribution >= 4 is 66.8 Å². The molecule has 10 heteroatoms. The molecule has 1 fully saturated rings. The number of hydrogen-bond acceptors (Lipinski definition) is 6. The van der Waals surface area contributed by atoms with E-state index in [1.165, 1.54) is 5.39 Å². The number of fused-ring (bicyclic) bond motifs is 2. The minimum absolute atomic E-state index is 0.0512. The van der Waals surface area contributed by atoms with E-state index in [9.17, 15) is 9.59 Å². The van der Waals surface area contributed by atoms with E-state index in [4.69, 9.17) is 16.6 Å². The second-order valence-electron chi connectivity index (χ2n) is 9.56. The zero-order valence-corrected chi connectivity index (χ0v) is 22.3. The summed E-state index contributed by atoms with van der Waals surface area (Å²) in [6, 6.07) is 11.4. The molecule has 1 aliphatic rings. The van der Waals surface area contributed by atoms with E-state index in [0.29, 0.717) is 36.2 Å². The Morgan fingerprint density at radius 2 is 2.03 bits per heavy atom. The Morgan fingerprint density at radius 3 is 2.81 bits per heavy atom. The summed E-state index contributed by atoms with van der Waals surface area (Å²) in [4.78, 5) is 33.7. The van der Waals surface area contributed by atoms with E-state index >= 15 is 0 Å². The van der Waals surface area contributed by atoms with Crippen molar-refractivity contribution in [2.45, 2.75) is 19.4 Å². The van der Waals surface area contributed by atoms with Crippen molar-refractivity contribution in [1.82, 2.24) is 24.7 Å². The SMILES string of the molecule is Cc1c(Nc2nc3cc(C(=O)NC4CCN(C(=O)CN(C)C)C4)ccc3n2C)sc2cc(Cl)ccc12. The lowest BCUT2D eigenvalue weighted by atomic mass is 10.1. The maximum absolute atomic E-state index is 13.0. The second kappa shape index (κ2) is 9.72. The van der Waals surface area contributed by atoms with Crippen LogP contribution in [0.25, 0.3) is 21.1 Å². The van der Waals surface area contributed by atoms with Gasteiger partial charge >= 0.3 is 0 Å². The molecular formula is C26H29ClN6O2S. The highest BCUT2D eigenvalue weighted by molar-refractivity contribution is 7.23. The number of likely N-dealkylation sites (N-methyl/N-ethyl adjacent to an activating group) is 1. The van der Waals surface area contributed by atoms with Gasteiger partial charge < -0.3 is 25.0 Å². The maximum Gasteiger partial charge on any atom is 0.251 e. The van der Waals surface area contributed by atoms with Crippen molar-refractivity contribution in [3.05, 3.63) is 52.5 Å². The molecule has 1 aliphatic heterocycles. The molecule has 188 valence electrons. The molecule has 0 saturated carbocycles. The highest BCUT2D eigenvalue weighted by Gasteiger charge is 2.27. The quantitative estimate of drug-likeness (QED) is 0.391. The molecule has 1 saturated heterocycles. The van der Waals surface area contributed by atoms with Gasteiger partial charge in [-0.15, -0.1) is 11.3 Å². The van der Waals surface area contributed by atoms with Crippen LogP contribution in [0.4, 0.5) is 10.9 Å². The van der Waals surface area contributed by atoms with Crippen molar-refractivity contribution in [3.63, 3.8) is 0 Å². The van der Waals surface area contributed by atoms with Gasteiger partial charge in [0.1, 0.15) is 0 Å². The van der Waals surface area contributed by atoms with Crippen LogP contribution in [0.15, 0.2) is 36.4 Å². The number of amides is 2. The summed E-state index contributed by atoms with van der Waals surface area (Å²) in [5.41, 5.74) is 3.37. The third-order valence-electron chi connectivity index (χ3n) is 6.60. The monoisotopic (exact) mass is 524 g/mol. The van der Waals surface area contributed by atoms with Crippen molar-refractivity contribution in [3.8, 4) is 0 Å². The lowest BCUT2D eigenvalue weighted by molar-refractivity contribution is -0.130. The summed E-state index contributed by atoms with van der Waals surface area (Å²) in [5, 5.41) is 9.44. The molecule has 2 amide bonds. The highest BCUT2D eigenvalue weighted by atomic mass is 35.5. The van der Waals surface area contributed by atoms with Gasteiger partial charge in [0.05, 0.1) is 22.6 Å². The molecule has 3 heterocycles. The molecule has 2 aromatic heterocycles. The van der Waals surface area contributed by atoms with Gasteiger partial charge in [0.15, 0.2) is 0 Å². The first-order valence-corrected chi connectivity index (χ1v) is 13.0. The van der Waals surface area contributed by atoms with E-state index in [1.807, 2.05) is 71.9 Å². The highest BCUT2D eigenvalue weighted by Crippen LogP contribution is 2.38. The van der Waals surface area contributed by atoms with Gasteiger partial charge in [-0.25, -0.2) is 4.98 Å². The van der Waals surface area contributed by atoms with Crippen LogP contribution in [0.3, 0.4) is 0 Å². The van der Waals surface area contributed by atoms with Gasteiger partial charge in [0, 0.05) is 41.5 Å². The van der Waals surface area contributed by atoms with Crippen molar-refractivity contribution in [1.29, 1.82) is 0 Å². The van der Waals surface area contributed by atoms with Crippen LogP contribution in [0, 0.1) is 6.92 Å². The molecule has 1 atom stereocenters. The molecule has 0 spiro atoms. The van der Waals surface area contributed by atoms with Crippen LogP contribution >= 0.6 is 22.9 Å². The van der Waals surface area contributed by atoms with Crippen molar-refractivity contribution in [2.24, 2.45) is 7.05 Å². The molecule has 0 bridgehead atoms. The summed E-state index contributed by atoms with van der Waals surface area (Å²) < 4.78 is 3.10. The molecule has 2 N–H and O–H groups in total. The third kappa shape index (κ3) is 4.78. The van der Waals surface area contributed by atoms with Crippen molar-refractivity contribution in [2.75, 3.05) is 39.0 Å². The van der Waals surface area contributed by atoms with E-state index in [1.54, 1.807) is 11.3 Å². The van der Waals surface area contributed by atoms with Crippen LogP contribution in [0.5, 0.6) is 0 Å². The van der Waals surface area contributed by atoms with Gasteiger partial charge in [-0.3, -0.25) is 9.59 Å². The standard InChI is InChI=1S/C26H29ClN6O2S/c1-15-19-7-6-17(27)12-22(19)36-25(15)30-26-29-20-11-16(5-8-21(20)32(26)4)24(35)28-18-9-10-33(13-18)23(34)14-31(2)3/h5-8,11-12,18H,9-10,13-14H2,1-4H3,(H,28,35)(H,29,30). The molecule has 36 heavy (non-hydrogen) atoms. The predicted molar refractivity (Wildman–Crippen MR) is 147 cm³/mol. The second-order valence-corrected chi connectivity index (χ2v) is 11.0. The number of aryl methyl sites for hydroxylation is 2. The first-order valence-electron chi connectivity index (χ1n) is 11.8. The number of imidazole rings is 1. The molecule has 0 radical (unpaired) electrons. The van der Waals surface area contributed by atoms with E-state index in [0.717, 1.165) is 32.7 Å². The number of nitrogens with zero attached hydrogens (tertiary/aromatic N) is 4. The Morgan fingerprint density at radius 1 is 1.22 bits per heavy atom. The minimum atomic E-state index is -0.152. The smallest absolute Gasteiger partial charge is 0.251 e. The zero-order chi connectivity index (χ0) is 25.6. The molecule has 8 nitrogen and oxygen atoms in total. The average Bonchev–Trinajstić information content (AvgIpc) is 3.50. The normalized spacial score (nSPS) is 15.8.